The molecule has 1 heterocycles. The second-order valence-electron chi connectivity index (χ2n) is 2.97. The van der Waals surface area contributed by atoms with E-state index in [1.165, 1.54) is 0 Å². The average Bonchev–Trinajstić information content (AvgIpc) is 2.49. The van der Waals surface area contributed by atoms with Crippen molar-refractivity contribution in [2.45, 2.75) is 0 Å². The van der Waals surface area contributed by atoms with Gasteiger partial charge in [-0.3, -0.25) is 0 Å². The zero-order valence-corrected chi connectivity index (χ0v) is 9.19. The summed E-state index contributed by atoms with van der Waals surface area (Å²) in [4.78, 5) is 0. The molecule has 0 aliphatic rings. The van der Waals surface area contributed by atoms with Gasteiger partial charge < -0.3 is 5.73 Å². The minimum absolute atomic E-state index is 0.741. The van der Waals surface area contributed by atoms with Gasteiger partial charge in [0.05, 0.1) is 0 Å². The van der Waals surface area contributed by atoms with Crippen molar-refractivity contribution in [3.05, 3.63) is 28.9 Å². The largest absolute Gasteiger partial charge is 0.399 e. The molecule has 0 aliphatic carbocycles. The lowest BCUT2D eigenvalue weighted by atomic mass is 10.1. The SMILES string of the molecule is Cn1nnc(Br)c1-c1ccc(N)cc1. The maximum absolute atomic E-state index is 5.61. The molecule has 72 valence electrons. The van der Waals surface area contributed by atoms with Crippen LogP contribution in [-0.4, -0.2) is 15.0 Å². The van der Waals surface area contributed by atoms with Crippen LogP contribution in [0.5, 0.6) is 0 Å². The summed E-state index contributed by atoms with van der Waals surface area (Å²) in [6, 6.07) is 7.60. The Kier molecular flexibility index (Phi) is 2.25. The van der Waals surface area contributed by atoms with Crippen LogP contribution in [0.2, 0.25) is 0 Å². The van der Waals surface area contributed by atoms with Crippen LogP contribution in [0.3, 0.4) is 0 Å². The molecule has 0 atom stereocenters. The van der Waals surface area contributed by atoms with Crippen LogP contribution in [0.1, 0.15) is 0 Å². The molecule has 5 heteroatoms. The normalized spacial score (nSPS) is 10.4. The van der Waals surface area contributed by atoms with Gasteiger partial charge in [-0.2, -0.15) is 0 Å². The molecule has 1 aromatic carbocycles. The molecule has 14 heavy (non-hydrogen) atoms. The van der Waals surface area contributed by atoms with Gasteiger partial charge in [0.1, 0.15) is 5.69 Å². The molecule has 4 nitrogen and oxygen atoms in total. The Balaban J connectivity index is 2.54. The summed E-state index contributed by atoms with van der Waals surface area (Å²) in [7, 11) is 1.85. The third-order valence-corrected chi connectivity index (χ3v) is 2.50. The number of halogens is 1. The molecule has 0 bridgehead atoms. The first-order chi connectivity index (χ1) is 6.68. The molecule has 0 saturated heterocycles. The van der Waals surface area contributed by atoms with E-state index in [2.05, 4.69) is 26.2 Å². The molecule has 0 amide bonds. The predicted molar refractivity (Wildman–Crippen MR) is 58.6 cm³/mol. The highest BCUT2D eigenvalue weighted by atomic mass is 79.9. The van der Waals surface area contributed by atoms with E-state index in [4.69, 9.17) is 5.73 Å². The Labute approximate surface area is 89.9 Å². The van der Waals surface area contributed by atoms with Gasteiger partial charge in [0, 0.05) is 18.3 Å². The standard InChI is InChI=1S/C9H9BrN4/c1-14-8(9(10)12-13-14)6-2-4-7(11)5-3-6/h2-5H,11H2,1H3. The van der Waals surface area contributed by atoms with Crippen LogP contribution < -0.4 is 5.73 Å². The van der Waals surface area contributed by atoms with Gasteiger partial charge in [-0.1, -0.05) is 17.3 Å². The lowest BCUT2D eigenvalue weighted by Gasteiger charge is -2.01. The van der Waals surface area contributed by atoms with E-state index in [9.17, 15) is 0 Å². The molecular weight excluding hydrogens is 244 g/mol. The molecule has 0 spiro atoms. The van der Waals surface area contributed by atoms with Gasteiger partial charge in [0.15, 0.2) is 4.60 Å². The number of nitrogen functional groups attached to an aromatic ring is 1. The zero-order chi connectivity index (χ0) is 10.1. The second kappa shape index (κ2) is 3.42. The Hall–Kier alpha value is -1.36. The minimum Gasteiger partial charge on any atom is -0.399 e. The van der Waals surface area contributed by atoms with Crippen molar-refractivity contribution in [1.29, 1.82) is 0 Å². The Morgan fingerprint density at radius 2 is 1.93 bits per heavy atom. The fourth-order valence-corrected chi connectivity index (χ4v) is 1.84. The van der Waals surface area contributed by atoms with Gasteiger partial charge in [0.2, 0.25) is 0 Å². The lowest BCUT2D eigenvalue weighted by molar-refractivity contribution is 0.720. The summed E-state index contributed by atoms with van der Waals surface area (Å²) in [6.45, 7) is 0. The summed E-state index contributed by atoms with van der Waals surface area (Å²) >= 11 is 3.35. The van der Waals surface area contributed by atoms with Crippen LogP contribution in [0.15, 0.2) is 28.9 Å². The van der Waals surface area contributed by atoms with E-state index >= 15 is 0 Å². The van der Waals surface area contributed by atoms with Crippen LogP contribution >= 0.6 is 15.9 Å². The van der Waals surface area contributed by atoms with Crippen LogP contribution in [-0.2, 0) is 7.05 Å². The van der Waals surface area contributed by atoms with Gasteiger partial charge in [-0.05, 0) is 28.1 Å². The third kappa shape index (κ3) is 1.50. The maximum Gasteiger partial charge on any atom is 0.156 e. The number of anilines is 1. The summed E-state index contributed by atoms with van der Waals surface area (Å²) in [6.07, 6.45) is 0. The van der Waals surface area contributed by atoms with Gasteiger partial charge >= 0.3 is 0 Å². The monoisotopic (exact) mass is 252 g/mol. The minimum atomic E-state index is 0.741. The molecule has 1 aromatic heterocycles. The maximum atomic E-state index is 5.61. The van der Waals surface area contributed by atoms with Crippen molar-refractivity contribution in [3.63, 3.8) is 0 Å². The molecule has 2 aromatic rings. The Morgan fingerprint density at radius 3 is 2.43 bits per heavy atom. The first kappa shape index (κ1) is 9.21. The number of rotatable bonds is 1. The highest BCUT2D eigenvalue weighted by Crippen LogP contribution is 2.25. The van der Waals surface area contributed by atoms with Crippen LogP contribution in [0, 0.1) is 0 Å². The van der Waals surface area contributed by atoms with Crippen LogP contribution in [0.4, 0.5) is 5.69 Å². The average molecular weight is 253 g/mol. The summed E-state index contributed by atoms with van der Waals surface area (Å²) in [5, 5.41) is 7.82. The number of benzene rings is 1. The number of aromatic nitrogens is 3. The van der Waals surface area contributed by atoms with E-state index in [1.807, 2.05) is 31.3 Å². The Morgan fingerprint density at radius 1 is 1.29 bits per heavy atom. The molecule has 2 N–H and O–H groups in total. The third-order valence-electron chi connectivity index (χ3n) is 1.97. The fourth-order valence-electron chi connectivity index (χ4n) is 1.28. The van der Waals surface area contributed by atoms with Crippen molar-refractivity contribution in [2.75, 3.05) is 5.73 Å². The number of hydrogen-bond acceptors (Lipinski definition) is 3. The van der Waals surface area contributed by atoms with Gasteiger partial charge in [-0.25, -0.2) is 4.68 Å². The number of hydrogen-bond donors (Lipinski definition) is 1. The predicted octanol–water partition coefficient (Wildman–Crippen LogP) is 1.83. The quantitative estimate of drug-likeness (QED) is 0.789. The molecule has 0 aliphatic heterocycles. The van der Waals surface area contributed by atoms with E-state index in [0.717, 1.165) is 21.5 Å². The number of aryl methyl sites for hydroxylation is 1. The summed E-state index contributed by atoms with van der Waals surface area (Å²) in [5.41, 5.74) is 8.35. The molecule has 0 radical (unpaired) electrons. The van der Waals surface area contributed by atoms with E-state index in [1.54, 1.807) is 4.68 Å². The number of nitrogens with two attached hydrogens (primary N) is 1. The van der Waals surface area contributed by atoms with E-state index in [-0.39, 0.29) is 0 Å². The summed E-state index contributed by atoms with van der Waals surface area (Å²) in [5.74, 6) is 0. The van der Waals surface area contributed by atoms with Crippen molar-refractivity contribution in [1.82, 2.24) is 15.0 Å². The smallest absolute Gasteiger partial charge is 0.156 e. The van der Waals surface area contributed by atoms with Crippen molar-refractivity contribution in [3.8, 4) is 11.3 Å². The molecule has 0 saturated carbocycles. The molecule has 0 fully saturated rings. The second-order valence-corrected chi connectivity index (χ2v) is 3.73. The molecule has 2 rings (SSSR count). The van der Waals surface area contributed by atoms with Crippen molar-refractivity contribution in [2.24, 2.45) is 7.05 Å². The molecular formula is C9H9BrN4. The fraction of sp³-hybridized carbons (Fsp3) is 0.111. The first-order valence-corrected chi connectivity index (χ1v) is 4.89. The van der Waals surface area contributed by atoms with Crippen molar-refractivity contribution >= 4 is 21.6 Å². The molecule has 0 unspecified atom stereocenters. The summed E-state index contributed by atoms with van der Waals surface area (Å²) < 4.78 is 2.46. The lowest BCUT2D eigenvalue weighted by Crippen LogP contribution is -1.94. The zero-order valence-electron chi connectivity index (χ0n) is 7.61. The van der Waals surface area contributed by atoms with E-state index < -0.39 is 0 Å². The van der Waals surface area contributed by atoms with Gasteiger partial charge in [-0.15, -0.1) is 5.10 Å². The topological polar surface area (TPSA) is 56.7 Å². The van der Waals surface area contributed by atoms with Gasteiger partial charge in [0.25, 0.3) is 0 Å². The highest BCUT2D eigenvalue weighted by Gasteiger charge is 2.09. The first-order valence-electron chi connectivity index (χ1n) is 4.09. The van der Waals surface area contributed by atoms with Crippen LogP contribution in [0.25, 0.3) is 11.3 Å². The van der Waals surface area contributed by atoms with Crippen molar-refractivity contribution < 1.29 is 0 Å². The number of nitrogens with zero attached hydrogens (tertiary/aromatic N) is 3. The van der Waals surface area contributed by atoms with E-state index in [0.29, 0.717) is 0 Å². The highest BCUT2D eigenvalue weighted by molar-refractivity contribution is 9.10. The Bertz CT molecular complexity index is 427.